The van der Waals surface area contributed by atoms with Crippen molar-refractivity contribution in [1.82, 2.24) is 4.90 Å². The molecule has 1 aliphatic rings. The molecule has 3 aromatic carbocycles. The Morgan fingerprint density at radius 3 is 2.42 bits per heavy atom. The maximum absolute atomic E-state index is 13.0. The lowest BCUT2D eigenvalue weighted by atomic mass is 10.1. The van der Waals surface area contributed by atoms with E-state index in [1.807, 2.05) is 55.5 Å². The summed E-state index contributed by atoms with van der Waals surface area (Å²) in [4.78, 5) is 27.1. The summed E-state index contributed by atoms with van der Waals surface area (Å²) in [6.07, 6.45) is 1.69. The van der Waals surface area contributed by atoms with Gasteiger partial charge in [0.2, 0.25) is 0 Å². The minimum atomic E-state index is -0.361. The molecule has 0 aliphatic carbocycles. The van der Waals surface area contributed by atoms with Crippen molar-refractivity contribution in [2.75, 3.05) is 26.9 Å². The average Bonchev–Trinajstić information content (AvgIpc) is 3.17. The van der Waals surface area contributed by atoms with E-state index in [0.29, 0.717) is 46.1 Å². The van der Waals surface area contributed by atoms with E-state index in [0.717, 1.165) is 26.5 Å². The molecule has 198 valence electrons. The molecule has 0 N–H and O–H groups in total. The van der Waals surface area contributed by atoms with E-state index in [9.17, 15) is 9.59 Å². The summed E-state index contributed by atoms with van der Waals surface area (Å²) in [5.41, 5.74) is 1.70. The third-order valence-corrected chi connectivity index (χ3v) is 7.40. The number of carbonyl (C=O) groups excluding carboxylic acids is 2. The fourth-order valence-electron chi connectivity index (χ4n) is 3.64. The molecule has 2 amide bonds. The van der Waals surface area contributed by atoms with Crippen LogP contribution < -0.4 is 18.9 Å². The molecule has 0 unspecified atom stereocenters. The van der Waals surface area contributed by atoms with Crippen molar-refractivity contribution >= 4 is 63.2 Å². The number of imide groups is 1. The second kappa shape index (κ2) is 13.3. The third-order valence-electron chi connectivity index (χ3n) is 5.44. The van der Waals surface area contributed by atoms with Crippen LogP contribution in [-0.2, 0) is 11.4 Å². The molecule has 1 saturated heterocycles. The zero-order valence-electron chi connectivity index (χ0n) is 20.7. The molecule has 3 aromatic rings. The number of rotatable bonds is 11. The van der Waals surface area contributed by atoms with Crippen molar-refractivity contribution in [3.05, 3.63) is 85.3 Å². The monoisotopic (exact) mass is 665 g/mol. The van der Waals surface area contributed by atoms with E-state index in [1.54, 1.807) is 25.3 Å². The summed E-state index contributed by atoms with van der Waals surface area (Å²) < 4.78 is 23.7. The lowest BCUT2D eigenvalue weighted by Crippen LogP contribution is -2.32. The summed E-state index contributed by atoms with van der Waals surface area (Å²) in [6.45, 7) is 2.96. The molecule has 10 heteroatoms. The minimum Gasteiger partial charge on any atom is -0.493 e. The first-order chi connectivity index (χ1) is 18.4. The summed E-state index contributed by atoms with van der Waals surface area (Å²) in [5, 5.41) is 0.323. The van der Waals surface area contributed by atoms with Gasteiger partial charge in [0.1, 0.15) is 13.2 Å². The molecule has 0 aromatic heterocycles. The number of para-hydroxylation sites is 2. The average molecular weight is 666 g/mol. The number of ether oxygens (including phenoxy) is 4. The molecule has 0 atom stereocenters. The van der Waals surface area contributed by atoms with Gasteiger partial charge in [-0.05, 0) is 94.9 Å². The summed E-state index contributed by atoms with van der Waals surface area (Å²) in [7, 11) is 1.56. The molecule has 1 aliphatic heterocycles. The predicted octanol–water partition coefficient (Wildman–Crippen LogP) is 7.05. The van der Waals surface area contributed by atoms with E-state index in [1.165, 1.54) is 4.90 Å². The van der Waals surface area contributed by atoms with Gasteiger partial charge in [0, 0.05) is 5.02 Å². The lowest BCUT2D eigenvalue weighted by Gasteiger charge is -2.15. The highest BCUT2D eigenvalue weighted by Gasteiger charge is 2.35. The number of benzene rings is 3. The van der Waals surface area contributed by atoms with Crippen molar-refractivity contribution in [2.24, 2.45) is 0 Å². The number of nitrogens with zero attached hydrogens (tertiary/aromatic N) is 1. The highest BCUT2D eigenvalue weighted by atomic mass is 127. The maximum Gasteiger partial charge on any atom is 0.293 e. The van der Waals surface area contributed by atoms with Gasteiger partial charge < -0.3 is 18.9 Å². The number of halogens is 2. The summed E-state index contributed by atoms with van der Waals surface area (Å²) >= 11 is 9.05. The van der Waals surface area contributed by atoms with Crippen molar-refractivity contribution < 1.29 is 28.5 Å². The molecular weight excluding hydrogens is 641 g/mol. The number of hydrogen-bond donors (Lipinski definition) is 0. The smallest absolute Gasteiger partial charge is 0.293 e. The number of methoxy groups -OCH3 is 1. The quantitative estimate of drug-likeness (QED) is 0.161. The van der Waals surface area contributed by atoms with Crippen LogP contribution in [0.2, 0.25) is 5.02 Å². The van der Waals surface area contributed by atoms with Crippen LogP contribution in [0.3, 0.4) is 0 Å². The topological polar surface area (TPSA) is 74.3 Å². The second-order valence-corrected chi connectivity index (χ2v) is 10.6. The van der Waals surface area contributed by atoms with E-state index in [-0.39, 0.29) is 24.3 Å². The fraction of sp³-hybridized carbons (Fsp3) is 0.214. The van der Waals surface area contributed by atoms with Gasteiger partial charge >= 0.3 is 0 Å². The molecule has 38 heavy (non-hydrogen) atoms. The van der Waals surface area contributed by atoms with Crippen LogP contribution in [0, 0.1) is 3.57 Å². The Bertz CT molecular complexity index is 1350. The van der Waals surface area contributed by atoms with Crippen LogP contribution in [0.25, 0.3) is 6.08 Å². The first-order valence-corrected chi connectivity index (χ1v) is 14.0. The highest BCUT2D eigenvalue weighted by Crippen LogP contribution is 2.38. The molecule has 1 heterocycles. The van der Waals surface area contributed by atoms with Crippen LogP contribution in [0.5, 0.6) is 23.0 Å². The third kappa shape index (κ3) is 6.95. The zero-order chi connectivity index (χ0) is 27.1. The van der Waals surface area contributed by atoms with Gasteiger partial charge in [-0.1, -0.05) is 35.9 Å². The van der Waals surface area contributed by atoms with Gasteiger partial charge in [-0.2, -0.15) is 0 Å². The molecule has 0 saturated carbocycles. The number of amides is 2. The number of hydrogen-bond acceptors (Lipinski definition) is 7. The van der Waals surface area contributed by atoms with Crippen LogP contribution in [-0.4, -0.2) is 42.9 Å². The Morgan fingerprint density at radius 2 is 1.71 bits per heavy atom. The summed E-state index contributed by atoms with van der Waals surface area (Å²) in [6, 6.07) is 18.3. The molecule has 0 radical (unpaired) electrons. The predicted molar refractivity (Wildman–Crippen MR) is 157 cm³/mol. The van der Waals surface area contributed by atoms with E-state index in [4.69, 9.17) is 30.5 Å². The molecule has 0 spiro atoms. The molecular formula is C28H25ClINO6S. The SMILES string of the molecule is CCOc1cc(/C=C2\SC(=O)N(CCOc3ccccc3OC)C2=O)cc(I)c1OCc1ccc(Cl)cc1. The standard InChI is InChI=1S/C28H25ClINO6S/c1-3-35-24-15-19(14-21(30)26(24)37-17-18-8-10-20(29)11-9-18)16-25-27(32)31(28(33)38-25)12-13-36-23-7-5-4-6-22(23)34-2/h4-11,14-16H,3,12-13,17H2,1-2H3/b25-16-. The van der Waals surface area contributed by atoms with Crippen molar-refractivity contribution in [2.45, 2.75) is 13.5 Å². The molecule has 1 fully saturated rings. The van der Waals surface area contributed by atoms with Gasteiger partial charge in [-0.25, -0.2) is 0 Å². The molecule has 4 rings (SSSR count). The normalized spacial score (nSPS) is 14.2. The zero-order valence-corrected chi connectivity index (χ0v) is 24.5. The Balaban J connectivity index is 1.45. The molecule has 7 nitrogen and oxygen atoms in total. The first-order valence-electron chi connectivity index (χ1n) is 11.7. The van der Waals surface area contributed by atoms with E-state index < -0.39 is 0 Å². The maximum atomic E-state index is 13.0. The molecule has 0 bridgehead atoms. The van der Waals surface area contributed by atoms with Crippen molar-refractivity contribution in [3.8, 4) is 23.0 Å². The van der Waals surface area contributed by atoms with E-state index in [2.05, 4.69) is 22.6 Å². The van der Waals surface area contributed by atoms with Gasteiger partial charge in [-0.3, -0.25) is 14.5 Å². The Hall–Kier alpha value is -2.89. The second-order valence-electron chi connectivity index (χ2n) is 8.01. The Kier molecular flexibility index (Phi) is 9.81. The van der Waals surface area contributed by atoms with Crippen LogP contribution in [0.4, 0.5) is 4.79 Å². The van der Waals surface area contributed by atoms with Crippen molar-refractivity contribution in [1.29, 1.82) is 0 Å². The number of thioether (sulfide) groups is 1. The van der Waals surface area contributed by atoms with Gasteiger partial charge in [-0.15, -0.1) is 0 Å². The van der Waals surface area contributed by atoms with Crippen molar-refractivity contribution in [3.63, 3.8) is 0 Å². The Morgan fingerprint density at radius 1 is 0.974 bits per heavy atom. The summed E-state index contributed by atoms with van der Waals surface area (Å²) in [5.74, 6) is 1.94. The van der Waals surface area contributed by atoms with Crippen LogP contribution in [0.15, 0.2) is 65.6 Å². The van der Waals surface area contributed by atoms with Gasteiger partial charge in [0.05, 0.1) is 28.7 Å². The van der Waals surface area contributed by atoms with Crippen LogP contribution >= 0.6 is 46.0 Å². The number of carbonyl (C=O) groups is 2. The first kappa shape index (κ1) is 28.1. The highest BCUT2D eigenvalue weighted by molar-refractivity contribution is 14.1. The van der Waals surface area contributed by atoms with E-state index >= 15 is 0 Å². The lowest BCUT2D eigenvalue weighted by molar-refractivity contribution is -0.123. The van der Waals surface area contributed by atoms with Crippen LogP contribution in [0.1, 0.15) is 18.1 Å². The largest absolute Gasteiger partial charge is 0.493 e. The Labute approximate surface area is 244 Å². The fourth-order valence-corrected chi connectivity index (χ4v) is 5.41. The van der Waals surface area contributed by atoms with Gasteiger partial charge in [0.25, 0.3) is 11.1 Å². The van der Waals surface area contributed by atoms with Gasteiger partial charge in [0.15, 0.2) is 23.0 Å². The minimum absolute atomic E-state index is 0.124.